The van der Waals surface area contributed by atoms with Gasteiger partial charge in [0.2, 0.25) is 0 Å². The van der Waals surface area contributed by atoms with Crippen molar-refractivity contribution in [3.63, 3.8) is 0 Å². The van der Waals surface area contributed by atoms with E-state index in [-0.39, 0.29) is 11.9 Å². The molecule has 1 heterocycles. The van der Waals surface area contributed by atoms with Crippen molar-refractivity contribution in [1.29, 1.82) is 0 Å². The minimum Gasteiger partial charge on any atom is -0.463 e. The van der Waals surface area contributed by atoms with Gasteiger partial charge in [-0.3, -0.25) is 4.79 Å². The van der Waals surface area contributed by atoms with Crippen LogP contribution in [-0.2, 0) is 17.9 Å². The predicted molar refractivity (Wildman–Crippen MR) is 121 cm³/mol. The highest BCUT2D eigenvalue weighted by molar-refractivity contribution is 5.77. The van der Waals surface area contributed by atoms with E-state index in [2.05, 4.69) is 41.7 Å². The van der Waals surface area contributed by atoms with Crippen molar-refractivity contribution < 1.29 is 14.5 Å². The number of hydrogen-bond donors (Lipinski definition) is 1. The summed E-state index contributed by atoms with van der Waals surface area (Å²) in [4.78, 5) is 15.2. The molecule has 0 saturated carbocycles. The van der Waals surface area contributed by atoms with E-state index in [1.54, 1.807) is 6.26 Å². The molecule has 0 bridgehead atoms. The summed E-state index contributed by atoms with van der Waals surface area (Å²) in [6.45, 7) is 1.50. The Morgan fingerprint density at radius 1 is 0.742 bits per heavy atom. The normalized spacial score (nSPS) is 11.7. The van der Waals surface area contributed by atoms with Crippen LogP contribution in [0.2, 0.25) is 0 Å². The van der Waals surface area contributed by atoms with Crippen molar-refractivity contribution in [2.75, 3.05) is 6.54 Å². The lowest BCUT2D eigenvalue weighted by atomic mass is 10.0. The summed E-state index contributed by atoms with van der Waals surface area (Å²) in [6, 6.07) is 34.2. The number of rotatable bonds is 9. The maximum absolute atomic E-state index is 13.3. The molecule has 1 aromatic heterocycles. The largest absolute Gasteiger partial charge is 0.463 e. The third-order valence-electron chi connectivity index (χ3n) is 5.32. The van der Waals surface area contributed by atoms with Crippen LogP contribution in [0.25, 0.3) is 0 Å². The van der Waals surface area contributed by atoms with Crippen LogP contribution in [0.3, 0.4) is 0 Å². The van der Waals surface area contributed by atoms with Crippen LogP contribution < -0.4 is 5.32 Å². The maximum atomic E-state index is 13.3. The Morgan fingerprint density at radius 3 is 1.81 bits per heavy atom. The lowest BCUT2D eigenvalue weighted by Gasteiger charge is -2.23. The average molecular weight is 412 g/mol. The highest BCUT2D eigenvalue weighted by Gasteiger charge is 2.23. The molecule has 3 aromatic carbocycles. The van der Waals surface area contributed by atoms with Gasteiger partial charge < -0.3 is 14.6 Å². The molecule has 0 fully saturated rings. The molecule has 0 aliphatic heterocycles. The van der Waals surface area contributed by atoms with Gasteiger partial charge in [0, 0.05) is 18.7 Å². The van der Waals surface area contributed by atoms with Crippen LogP contribution in [0, 0.1) is 0 Å². The summed E-state index contributed by atoms with van der Waals surface area (Å²) in [6.07, 6.45) is 1.68. The Bertz CT molecular complexity index is 1010. The summed E-state index contributed by atoms with van der Waals surface area (Å²) < 4.78 is 5.68. The zero-order valence-electron chi connectivity index (χ0n) is 17.4. The van der Waals surface area contributed by atoms with Gasteiger partial charge in [-0.05, 0) is 23.3 Å². The van der Waals surface area contributed by atoms with E-state index in [4.69, 9.17) is 4.42 Å². The molecule has 0 unspecified atom stereocenters. The SMILES string of the molecule is O=C(C[NH2+][C@@H](c1ccccc1)c1ccco1)N(Cc1ccccc1)Cc1ccccc1. The van der Waals surface area contributed by atoms with Gasteiger partial charge in [0.1, 0.15) is 0 Å². The first-order valence-electron chi connectivity index (χ1n) is 10.6. The van der Waals surface area contributed by atoms with Gasteiger partial charge in [0.25, 0.3) is 5.91 Å². The van der Waals surface area contributed by atoms with Crippen LogP contribution in [0.1, 0.15) is 28.5 Å². The minimum absolute atomic E-state index is 0.0598. The number of nitrogens with zero attached hydrogens (tertiary/aromatic N) is 1. The molecule has 4 heteroatoms. The predicted octanol–water partition coefficient (Wildman–Crippen LogP) is 4.16. The van der Waals surface area contributed by atoms with Crippen molar-refractivity contribution in [2.24, 2.45) is 0 Å². The zero-order valence-corrected chi connectivity index (χ0v) is 17.4. The monoisotopic (exact) mass is 411 g/mol. The van der Waals surface area contributed by atoms with Gasteiger partial charge >= 0.3 is 0 Å². The van der Waals surface area contributed by atoms with Gasteiger partial charge in [-0.15, -0.1) is 0 Å². The molecule has 31 heavy (non-hydrogen) atoms. The first kappa shape index (κ1) is 20.6. The van der Waals surface area contributed by atoms with E-state index in [0.717, 1.165) is 22.5 Å². The van der Waals surface area contributed by atoms with Gasteiger partial charge in [-0.2, -0.15) is 0 Å². The molecule has 156 valence electrons. The molecule has 1 atom stereocenters. The van der Waals surface area contributed by atoms with E-state index in [1.807, 2.05) is 71.6 Å². The molecule has 1 amide bonds. The number of hydrogen-bond acceptors (Lipinski definition) is 2. The smallest absolute Gasteiger partial charge is 0.278 e. The van der Waals surface area contributed by atoms with Crippen molar-refractivity contribution in [3.05, 3.63) is 132 Å². The fourth-order valence-corrected chi connectivity index (χ4v) is 3.73. The second-order valence-electron chi connectivity index (χ2n) is 7.56. The molecule has 0 spiro atoms. The Balaban J connectivity index is 1.50. The van der Waals surface area contributed by atoms with Gasteiger partial charge in [0.15, 0.2) is 18.3 Å². The molecule has 0 aliphatic rings. The lowest BCUT2D eigenvalue weighted by Crippen LogP contribution is -2.87. The molecule has 0 saturated heterocycles. The summed E-state index contributed by atoms with van der Waals surface area (Å²) in [5, 5.41) is 2.06. The second-order valence-corrected chi connectivity index (χ2v) is 7.56. The molecule has 4 nitrogen and oxygen atoms in total. The number of carbonyl (C=O) groups excluding carboxylic acids is 1. The highest BCUT2D eigenvalue weighted by atomic mass is 16.3. The van der Waals surface area contributed by atoms with E-state index < -0.39 is 0 Å². The van der Waals surface area contributed by atoms with Gasteiger partial charge in [0.05, 0.1) is 6.26 Å². The summed E-state index contributed by atoms with van der Waals surface area (Å²) in [7, 11) is 0. The standard InChI is InChI=1S/C27H26N2O2/c30-26(19-28-27(25-17-10-18-31-25)24-15-8-3-9-16-24)29(20-22-11-4-1-5-12-22)21-23-13-6-2-7-14-23/h1-18,27-28H,19-21H2/p+1/t27-/m0/s1. The van der Waals surface area contributed by atoms with Crippen molar-refractivity contribution in [3.8, 4) is 0 Å². The highest BCUT2D eigenvalue weighted by Crippen LogP contribution is 2.18. The van der Waals surface area contributed by atoms with Crippen LogP contribution in [0.15, 0.2) is 114 Å². The molecule has 4 rings (SSSR count). The van der Waals surface area contributed by atoms with Crippen LogP contribution in [0.4, 0.5) is 0 Å². The molecule has 0 aliphatic carbocycles. The summed E-state index contributed by atoms with van der Waals surface area (Å²) >= 11 is 0. The Kier molecular flexibility index (Phi) is 6.93. The van der Waals surface area contributed by atoms with E-state index in [0.29, 0.717) is 19.6 Å². The minimum atomic E-state index is -0.0598. The first-order valence-corrected chi connectivity index (χ1v) is 10.6. The molecule has 4 aromatic rings. The van der Waals surface area contributed by atoms with Crippen molar-refractivity contribution in [2.45, 2.75) is 19.1 Å². The number of quaternary nitrogens is 1. The van der Waals surface area contributed by atoms with Crippen LogP contribution >= 0.6 is 0 Å². The van der Waals surface area contributed by atoms with E-state index in [9.17, 15) is 4.79 Å². The van der Waals surface area contributed by atoms with E-state index in [1.165, 1.54) is 0 Å². The lowest BCUT2D eigenvalue weighted by molar-refractivity contribution is -0.679. The maximum Gasteiger partial charge on any atom is 0.278 e. The van der Waals surface area contributed by atoms with Gasteiger partial charge in [-0.1, -0.05) is 91.0 Å². The molecular formula is C27H27N2O2+. The summed E-state index contributed by atoms with van der Waals surface area (Å²) in [5.41, 5.74) is 3.36. The number of furan rings is 1. The fourth-order valence-electron chi connectivity index (χ4n) is 3.73. The number of carbonyl (C=O) groups is 1. The second kappa shape index (κ2) is 10.4. The molecule has 0 radical (unpaired) electrons. The van der Waals surface area contributed by atoms with Crippen LogP contribution in [-0.4, -0.2) is 17.4 Å². The average Bonchev–Trinajstić information content (AvgIpc) is 3.35. The van der Waals surface area contributed by atoms with E-state index >= 15 is 0 Å². The first-order chi connectivity index (χ1) is 15.3. The van der Waals surface area contributed by atoms with Crippen molar-refractivity contribution in [1.82, 2.24) is 4.90 Å². The Labute approximate surface area is 183 Å². The Morgan fingerprint density at radius 2 is 1.29 bits per heavy atom. The van der Waals surface area contributed by atoms with Gasteiger partial charge in [-0.25, -0.2) is 0 Å². The number of nitrogens with two attached hydrogens (primary N) is 1. The summed E-state index contributed by atoms with van der Waals surface area (Å²) in [5.74, 6) is 0.942. The third kappa shape index (κ3) is 5.71. The fraction of sp³-hybridized carbons (Fsp3) is 0.148. The quantitative estimate of drug-likeness (QED) is 0.450. The zero-order chi connectivity index (χ0) is 21.3. The van der Waals surface area contributed by atoms with Crippen LogP contribution in [0.5, 0.6) is 0 Å². The topological polar surface area (TPSA) is 50.1 Å². The third-order valence-corrected chi connectivity index (χ3v) is 5.32. The molecule has 2 N–H and O–H groups in total. The Hall–Kier alpha value is -3.63. The van der Waals surface area contributed by atoms with Crippen molar-refractivity contribution >= 4 is 5.91 Å². The molecular weight excluding hydrogens is 384 g/mol. The number of amides is 1. The number of benzene rings is 3.